The van der Waals surface area contributed by atoms with Crippen LogP contribution in [-0.2, 0) is 53.4 Å². The monoisotopic (exact) mass is 696 g/mol. The van der Waals surface area contributed by atoms with Gasteiger partial charge in [0.2, 0.25) is 11.9 Å². The van der Waals surface area contributed by atoms with Gasteiger partial charge in [0.05, 0.1) is 18.0 Å². The third-order valence-corrected chi connectivity index (χ3v) is 8.75. The summed E-state index contributed by atoms with van der Waals surface area (Å²) in [6.07, 6.45) is -5.33. The van der Waals surface area contributed by atoms with Crippen molar-refractivity contribution in [3.05, 3.63) is 64.2 Å². The first-order valence-corrected chi connectivity index (χ1v) is 15.2. The molecule has 0 radical (unpaired) electrons. The molecule has 2 aromatic carbocycles. The molecule has 3 unspecified atom stereocenters. The highest BCUT2D eigenvalue weighted by Crippen LogP contribution is 2.55. The largest absolute Gasteiger partial charge is 0.494 e. The van der Waals surface area contributed by atoms with Crippen molar-refractivity contribution in [2.45, 2.75) is 82.2 Å². The third kappa shape index (κ3) is 6.58. The van der Waals surface area contributed by atoms with Gasteiger partial charge in [-0.2, -0.15) is 0 Å². The number of esters is 4. The summed E-state index contributed by atoms with van der Waals surface area (Å²) in [5, 5.41) is 0.410. The van der Waals surface area contributed by atoms with Crippen molar-refractivity contribution in [1.29, 1.82) is 0 Å². The number of carbonyl (C=O) groups excluding carboxylic acids is 4. The number of fused-ring (bicyclic) bond motifs is 2. The second-order valence-corrected chi connectivity index (χ2v) is 11.8. The van der Waals surface area contributed by atoms with Crippen molar-refractivity contribution in [2.75, 3.05) is 13.2 Å². The van der Waals surface area contributed by atoms with E-state index in [2.05, 4.69) is 15.9 Å². The maximum Gasteiger partial charge on any atom is 0.303 e. The molecule has 0 spiro atoms. The van der Waals surface area contributed by atoms with Gasteiger partial charge in [0.25, 0.3) is 0 Å². The first kappa shape index (κ1) is 33.7. The van der Waals surface area contributed by atoms with Crippen LogP contribution in [0.5, 0.6) is 5.75 Å². The zero-order chi connectivity index (χ0) is 32.4. The Morgan fingerprint density at radius 1 is 0.932 bits per heavy atom. The fourth-order valence-corrected chi connectivity index (χ4v) is 6.64. The molecule has 0 aromatic heterocycles. The summed E-state index contributed by atoms with van der Waals surface area (Å²) >= 11 is 10.4. The molecule has 13 heteroatoms. The van der Waals surface area contributed by atoms with Gasteiger partial charge in [0.15, 0.2) is 17.8 Å². The molecule has 2 aliphatic heterocycles. The van der Waals surface area contributed by atoms with Gasteiger partial charge in [0.1, 0.15) is 11.9 Å². The van der Waals surface area contributed by atoms with Crippen LogP contribution in [0.15, 0.2) is 42.5 Å². The van der Waals surface area contributed by atoms with Crippen molar-refractivity contribution < 1.29 is 52.3 Å². The number of carbonyl (C=O) groups is 4. The van der Waals surface area contributed by atoms with Crippen molar-refractivity contribution >= 4 is 51.4 Å². The summed E-state index contributed by atoms with van der Waals surface area (Å²) in [6, 6.07) is 12.5. The van der Waals surface area contributed by atoms with Gasteiger partial charge in [-0.1, -0.05) is 45.7 Å². The van der Waals surface area contributed by atoms with Crippen LogP contribution in [0, 0.1) is 0 Å². The fraction of sp³-hybridized carbons (Fsp3) is 0.484. The summed E-state index contributed by atoms with van der Waals surface area (Å²) in [5.41, 5.74) is 0.169. The quantitative estimate of drug-likeness (QED) is 0.190. The average Bonchev–Trinajstić information content (AvgIpc) is 3.32. The van der Waals surface area contributed by atoms with Crippen LogP contribution in [0.3, 0.4) is 0 Å². The number of hydrogen-bond donors (Lipinski definition) is 0. The molecule has 0 N–H and O–H groups in total. The number of benzene rings is 2. The van der Waals surface area contributed by atoms with Crippen LogP contribution in [0.1, 0.15) is 63.1 Å². The van der Waals surface area contributed by atoms with Gasteiger partial charge in [-0.05, 0) is 49.2 Å². The normalized spacial score (nSPS) is 27.0. The van der Waals surface area contributed by atoms with E-state index in [1.165, 1.54) is 13.8 Å². The molecule has 0 saturated carbocycles. The lowest BCUT2D eigenvalue weighted by atomic mass is 9.80. The van der Waals surface area contributed by atoms with Crippen molar-refractivity contribution in [3.63, 3.8) is 0 Å². The second-order valence-electron chi connectivity index (χ2n) is 10.5. The summed E-state index contributed by atoms with van der Waals surface area (Å²) in [4.78, 5) is 48.9. The zero-order valence-electron chi connectivity index (χ0n) is 25.1. The minimum absolute atomic E-state index is 0.288. The standard InChI is InChI=1S/C31H34BrClO11/c1-7-38-23-11-8-21(9-12-23)26(32)24-14-22(10-13-25(24)33)31-29(43-20(6)37)27(41-18(4)35)28(42-19(5)36)30(44-31,15-39-31)16(2)40-17(3)34/h8-14,16,26-29H,7,15H2,1-6H3/t16?,26?,27-,28-,29+,30-,31?/m0/s1. The van der Waals surface area contributed by atoms with E-state index in [0.29, 0.717) is 28.5 Å². The number of rotatable bonds is 10. The Morgan fingerprint density at radius 3 is 2.11 bits per heavy atom. The Morgan fingerprint density at radius 2 is 1.55 bits per heavy atom. The van der Waals surface area contributed by atoms with Crippen LogP contribution < -0.4 is 4.74 Å². The summed E-state index contributed by atoms with van der Waals surface area (Å²) in [7, 11) is 0. The Kier molecular flexibility index (Phi) is 10.3. The van der Waals surface area contributed by atoms with Crippen LogP contribution in [0.2, 0.25) is 5.02 Å². The molecule has 7 atom stereocenters. The SMILES string of the molecule is CCOc1ccc(C(Br)c2cc(C34OC[C@@](C(C)OC(C)=O)(O3)[C@@H](OC(C)=O)[C@H](OC(C)=O)[C@H]4OC(C)=O)ccc2Cl)cc1. The van der Waals surface area contributed by atoms with E-state index >= 15 is 0 Å². The molecule has 44 heavy (non-hydrogen) atoms. The van der Waals surface area contributed by atoms with Crippen molar-refractivity contribution in [1.82, 2.24) is 0 Å². The first-order valence-electron chi connectivity index (χ1n) is 13.9. The average molecular weight is 698 g/mol. The Balaban J connectivity index is 1.89. The predicted molar refractivity (Wildman–Crippen MR) is 159 cm³/mol. The van der Waals surface area contributed by atoms with E-state index in [0.717, 1.165) is 19.4 Å². The smallest absolute Gasteiger partial charge is 0.303 e. The summed E-state index contributed by atoms with van der Waals surface area (Å²) in [6.45, 7) is 8.40. The van der Waals surface area contributed by atoms with E-state index in [4.69, 9.17) is 44.8 Å². The van der Waals surface area contributed by atoms with E-state index in [1.807, 2.05) is 31.2 Å². The number of hydrogen-bond acceptors (Lipinski definition) is 11. The van der Waals surface area contributed by atoms with Gasteiger partial charge < -0.3 is 33.2 Å². The molecule has 2 aromatic rings. The summed E-state index contributed by atoms with van der Waals surface area (Å²) in [5.74, 6) is -4.05. The van der Waals surface area contributed by atoms with Gasteiger partial charge in [-0.3, -0.25) is 19.2 Å². The second kappa shape index (κ2) is 13.4. The van der Waals surface area contributed by atoms with Gasteiger partial charge in [-0.25, -0.2) is 0 Å². The lowest BCUT2D eigenvalue weighted by molar-refractivity contribution is -0.340. The minimum atomic E-state index is -1.90. The Bertz CT molecular complexity index is 1420. The third-order valence-electron chi connectivity index (χ3n) is 7.38. The van der Waals surface area contributed by atoms with Crippen LogP contribution in [-0.4, -0.2) is 67.1 Å². The van der Waals surface area contributed by atoms with Crippen LogP contribution in [0.4, 0.5) is 0 Å². The zero-order valence-corrected chi connectivity index (χ0v) is 27.4. The van der Waals surface area contributed by atoms with Crippen molar-refractivity contribution in [3.8, 4) is 5.75 Å². The van der Waals surface area contributed by atoms with Gasteiger partial charge in [-0.15, -0.1) is 0 Å². The Labute approximate surface area is 268 Å². The molecule has 2 bridgehead atoms. The van der Waals surface area contributed by atoms with Gasteiger partial charge in [0, 0.05) is 38.3 Å². The highest BCUT2D eigenvalue weighted by molar-refractivity contribution is 9.09. The first-order chi connectivity index (χ1) is 20.7. The predicted octanol–water partition coefficient (Wildman–Crippen LogP) is 4.92. The maximum absolute atomic E-state index is 12.5. The Hall–Kier alpha value is -3.19. The summed E-state index contributed by atoms with van der Waals surface area (Å²) < 4.78 is 41.2. The van der Waals surface area contributed by atoms with Crippen LogP contribution in [0.25, 0.3) is 0 Å². The molecular weight excluding hydrogens is 664 g/mol. The molecule has 0 aliphatic carbocycles. The molecule has 4 rings (SSSR count). The maximum atomic E-state index is 12.5. The topological polar surface area (TPSA) is 133 Å². The van der Waals surface area contributed by atoms with Gasteiger partial charge >= 0.3 is 23.9 Å². The van der Waals surface area contributed by atoms with E-state index in [9.17, 15) is 19.2 Å². The van der Waals surface area contributed by atoms with Crippen LogP contribution >= 0.6 is 27.5 Å². The number of ether oxygens (including phenoxy) is 7. The molecule has 2 saturated heterocycles. The fourth-order valence-electron chi connectivity index (χ4n) is 5.60. The molecule has 0 amide bonds. The molecule has 11 nitrogen and oxygen atoms in total. The molecule has 2 aliphatic rings. The molecule has 2 fully saturated rings. The van der Waals surface area contributed by atoms with E-state index in [-0.39, 0.29) is 6.61 Å². The number of halogens is 2. The highest BCUT2D eigenvalue weighted by Gasteiger charge is 2.74. The minimum Gasteiger partial charge on any atom is -0.494 e. The highest BCUT2D eigenvalue weighted by atomic mass is 79.9. The van der Waals surface area contributed by atoms with E-state index < -0.39 is 64.5 Å². The molecule has 2 heterocycles. The lowest BCUT2D eigenvalue weighted by Gasteiger charge is -2.50. The number of alkyl halides is 1. The molecular formula is C31H34BrClO11. The molecule has 238 valence electrons. The lowest BCUT2D eigenvalue weighted by Crippen LogP contribution is -2.70. The van der Waals surface area contributed by atoms with E-state index in [1.54, 1.807) is 25.1 Å². The van der Waals surface area contributed by atoms with Crippen molar-refractivity contribution in [2.24, 2.45) is 0 Å².